The van der Waals surface area contributed by atoms with Gasteiger partial charge in [-0.2, -0.15) is 13.2 Å². The Morgan fingerprint density at radius 3 is 2.21 bits per heavy atom. The van der Waals surface area contributed by atoms with E-state index in [1.54, 1.807) is 6.07 Å². The number of carbonyl (C=O) groups excluding carboxylic acids is 2. The van der Waals surface area contributed by atoms with Gasteiger partial charge in [0.25, 0.3) is 5.60 Å². The summed E-state index contributed by atoms with van der Waals surface area (Å²) in [6.45, 7) is 6.44. The van der Waals surface area contributed by atoms with Crippen molar-refractivity contribution in [3.05, 3.63) is 35.9 Å². The van der Waals surface area contributed by atoms with E-state index in [4.69, 9.17) is 14.2 Å². The van der Waals surface area contributed by atoms with Crippen LogP contribution in [0.4, 0.5) is 13.2 Å². The minimum atomic E-state index is -5.00. The van der Waals surface area contributed by atoms with Gasteiger partial charge >= 0.3 is 18.1 Å². The Kier molecular flexibility index (Phi) is 6.92. The van der Waals surface area contributed by atoms with Gasteiger partial charge in [0, 0.05) is 18.1 Å². The lowest BCUT2D eigenvalue weighted by molar-refractivity contribution is -0.283. The van der Waals surface area contributed by atoms with Crippen molar-refractivity contribution in [2.75, 3.05) is 14.2 Å². The second kappa shape index (κ2) is 9.49. The van der Waals surface area contributed by atoms with Crippen LogP contribution in [0.1, 0.15) is 77.7 Å². The first-order valence-electron chi connectivity index (χ1n) is 14.2. The molecular formula is C31H41F3O5. The number of hydrogen-bond acceptors (Lipinski definition) is 5. The molecule has 216 valence electrons. The van der Waals surface area contributed by atoms with E-state index in [1.807, 2.05) is 13.8 Å². The number of rotatable bonds is 5. The molecule has 8 heteroatoms. The van der Waals surface area contributed by atoms with Crippen LogP contribution in [-0.2, 0) is 29.4 Å². The highest BCUT2D eigenvalue weighted by Gasteiger charge is 2.68. The standard InChI is InChI=1S/C31H41F3O5/c1-27(2)22-13-16-29-17-19(21(18-29)25(35)37-4)11-12-23(29)28(22,3)15-14-24(27)39-26(36)30(38-5,31(32,33)34)20-9-7-6-8-10-20/h6-10,19,21-24H,11-18H2,1-5H3/t19-,21+,22+,23-,24+,28+,29-,30+/m0/s1. The second-order valence-corrected chi connectivity index (χ2v) is 13.4. The van der Waals surface area contributed by atoms with E-state index < -0.39 is 29.3 Å². The molecule has 5 nitrogen and oxygen atoms in total. The fraction of sp³-hybridized carbons (Fsp3) is 0.742. The molecule has 0 unspecified atom stereocenters. The zero-order chi connectivity index (χ0) is 28.4. The van der Waals surface area contributed by atoms with Crippen molar-refractivity contribution in [1.29, 1.82) is 0 Å². The van der Waals surface area contributed by atoms with Gasteiger partial charge in [-0.3, -0.25) is 4.79 Å². The van der Waals surface area contributed by atoms with Gasteiger partial charge in [0.15, 0.2) is 0 Å². The number of ether oxygens (including phenoxy) is 3. The van der Waals surface area contributed by atoms with Crippen LogP contribution in [0.3, 0.4) is 0 Å². The molecule has 4 saturated carbocycles. The molecule has 2 bridgehead atoms. The fourth-order valence-electron chi connectivity index (χ4n) is 9.88. The third kappa shape index (κ3) is 4.06. The first-order valence-corrected chi connectivity index (χ1v) is 14.2. The van der Waals surface area contributed by atoms with E-state index in [2.05, 4.69) is 6.92 Å². The minimum Gasteiger partial charge on any atom is -0.469 e. The summed E-state index contributed by atoms with van der Waals surface area (Å²) in [5, 5.41) is 0. The van der Waals surface area contributed by atoms with Crippen LogP contribution in [-0.4, -0.2) is 38.4 Å². The second-order valence-electron chi connectivity index (χ2n) is 13.4. The highest BCUT2D eigenvalue weighted by Crippen LogP contribution is 2.72. The molecule has 0 heterocycles. The molecule has 0 radical (unpaired) electrons. The lowest BCUT2D eigenvalue weighted by Crippen LogP contribution is -2.61. The molecule has 1 spiro atoms. The number of benzene rings is 1. The topological polar surface area (TPSA) is 61.8 Å². The summed E-state index contributed by atoms with van der Waals surface area (Å²) in [4.78, 5) is 26.0. The molecule has 8 atom stereocenters. The number of alkyl halides is 3. The third-order valence-corrected chi connectivity index (χ3v) is 11.6. The predicted molar refractivity (Wildman–Crippen MR) is 138 cm³/mol. The van der Waals surface area contributed by atoms with Crippen molar-refractivity contribution in [3.63, 3.8) is 0 Å². The van der Waals surface area contributed by atoms with E-state index in [0.717, 1.165) is 52.1 Å². The summed E-state index contributed by atoms with van der Waals surface area (Å²) < 4.78 is 59.5. The SMILES string of the molecule is COC(=O)[C@@H]1C[C@@]23CC[C@@H]4C(C)(C)[C@H](OC(=O)[C@](OC)(c5ccccc5)C(F)(F)F)CC[C@@]4(C)[C@@H]2CC[C@H]1C3. The van der Waals surface area contributed by atoms with Gasteiger partial charge < -0.3 is 14.2 Å². The molecular weight excluding hydrogens is 509 g/mol. The molecule has 4 fully saturated rings. The number of methoxy groups -OCH3 is 2. The summed E-state index contributed by atoms with van der Waals surface area (Å²) in [6.07, 6.45) is 1.48. The molecule has 4 aliphatic rings. The van der Waals surface area contributed by atoms with E-state index in [9.17, 15) is 22.8 Å². The van der Waals surface area contributed by atoms with Crippen LogP contribution < -0.4 is 0 Å². The van der Waals surface area contributed by atoms with Gasteiger partial charge in [-0.15, -0.1) is 0 Å². The predicted octanol–water partition coefficient (Wildman–Crippen LogP) is 6.83. The van der Waals surface area contributed by atoms with Crippen LogP contribution in [0, 0.1) is 39.9 Å². The third-order valence-electron chi connectivity index (χ3n) is 11.6. The van der Waals surface area contributed by atoms with Gasteiger partial charge in [-0.25, -0.2) is 4.79 Å². The van der Waals surface area contributed by atoms with E-state index in [1.165, 1.54) is 31.4 Å². The van der Waals surface area contributed by atoms with E-state index in [0.29, 0.717) is 18.3 Å². The fourth-order valence-corrected chi connectivity index (χ4v) is 9.88. The maximum absolute atomic E-state index is 14.5. The van der Waals surface area contributed by atoms with Crippen LogP contribution in [0.15, 0.2) is 30.3 Å². The maximum atomic E-state index is 14.5. The molecule has 1 aromatic carbocycles. The largest absolute Gasteiger partial charge is 0.469 e. The monoisotopic (exact) mass is 550 g/mol. The van der Waals surface area contributed by atoms with Gasteiger partial charge in [0.1, 0.15) is 6.10 Å². The Balaban J connectivity index is 1.41. The molecule has 0 N–H and O–H groups in total. The molecule has 0 saturated heterocycles. The van der Waals surface area contributed by atoms with Crippen molar-refractivity contribution in [3.8, 4) is 0 Å². The minimum absolute atomic E-state index is 0.0343. The molecule has 39 heavy (non-hydrogen) atoms. The van der Waals surface area contributed by atoms with E-state index >= 15 is 0 Å². The van der Waals surface area contributed by atoms with Crippen LogP contribution in [0.5, 0.6) is 0 Å². The Morgan fingerprint density at radius 1 is 0.897 bits per heavy atom. The first kappa shape index (κ1) is 28.4. The number of halogens is 3. The lowest BCUT2D eigenvalue weighted by Gasteiger charge is -2.65. The highest BCUT2D eigenvalue weighted by molar-refractivity contribution is 5.83. The van der Waals surface area contributed by atoms with Crippen LogP contribution in [0.25, 0.3) is 0 Å². The van der Waals surface area contributed by atoms with Crippen LogP contribution in [0.2, 0.25) is 0 Å². The van der Waals surface area contributed by atoms with Crippen molar-refractivity contribution in [2.45, 2.75) is 90.0 Å². The Bertz CT molecular complexity index is 1100. The normalized spacial score (nSPS) is 38.6. The van der Waals surface area contributed by atoms with Crippen molar-refractivity contribution in [2.24, 2.45) is 39.9 Å². The quantitative estimate of drug-likeness (QED) is 0.376. The van der Waals surface area contributed by atoms with Crippen molar-refractivity contribution < 1.29 is 37.0 Å². The summed E-state index contributed by atoms with van der Waals surface area (Å²) in [6, 6.07) is 7.01. The van der Waals surface area contributed by atoms with E-state index in [-0.39, 0.29) is 34.2 Å². The Labute approximate surface area is 229 Å². The zero-order valence-corrected chi connectivity index (χ0v) is 23.6. The summed E-state index contributed by atoms with van der Waals surface area (Å²) >= 11 is 0. The number of carbonyl (C=O) groups is 2. The smallest absolute Gasteiger partial charge is 0.432 e. The van der Waals surface area contributed by atoms with Gasteiger partial charge in [0.05, 0.1) is 13.0 Å². The van der Waals surface area contributed by atoms with Crippen molar-refractivity contribution >= 4 is 11.9 Å². The average Bonchev–Trinajstić information content (AvgIpc) is 3.15. The molecule has 1 aromatic rings. The van der Waals surface area contributed by atoms with Crippen LogP contribution >= 0.6 is 0 Å². The van der Waals surface area contributed by atoms with Gasteiger partial charge in [0.2, 0.25) is 0 Å². The highest BCUT2D eigenvalue weighted by atomic mass is 19.4. The molecule has 0 aliphatic heterocycles. The summed E-state index contributed by atoms with van der Waals surface area (Å²) in [5.74, 6) is -0.543. The summed E-state index contributed by atoms with van der Waals surface area (Å²) in [7, 11) is 2.38. The number of fused-ring (bicyclic) bond motifs is 3. The van der Waals surface area contributed by atoms with Crippen molar-refractivity contribution in [1.82, 2.24) is 0 Å². The molecule has 0 aromatic heterocycles. The summed E-state index contributed by atoms with van der Waals surface area (Å²) in [5.41, 5.74) is -3.93. The first-order chi connectivity index (χ1) is 18.3. The maximum Gasteiger partial charge on any atom is 0.432 e. The Hall–Kier alpha value is -2.09. The van der Waals surface area contributed by atoms with Gasteiger partial charge in [-0.05, 0) is 80.0 Å². The number of hydrogen-bond donors (Lipinski definition) is 0. The molecule has 0 amide bonds. The van der Waals surface area contributed by atoms with Gasteiger partial charge in [-0.1, -0.05) is 51.1 Å². The zero-order valence-electron chi connectivity index (χ0n) is 23.6. The Morgan fingerprint density at radius 2 is 1.59 bits per heavy atom. The number of esters is 2. The molecule has 5 rings (SSSR count). The average molecular weight is 551 g/mol. The lowest BCUT2D eigenvalue weighted by atomic mass is 9.41. The molecule has 4 aliphatic carbocycles.